The topological polar surface area (TPSA) is 79.5 Å². The van der Waals surface area contributed by atoms with Crippen molar-refractivity contribution in [2.45, 2.75) is 38.1 Å². The molecule has 24 heavy (non-hydrogen) atoms. The second-order valence-electron chi connectivity index (χ2n) is 7.14. The minimum atomic E-state index is -0.407. The number of hydrogen-bond acceptors (Lipinski definition) is 4. The number of carbonyl (C=O) groups is 2. The van der Waals surface area contributed by atoms with Gasteiger partial charge in [-0.2, -0.15) is 0 Å². The molecule has 0 bridgehead atoms. The number of amides is 2. The summed E-state index contributed by atoms with van der Waals surface area (Å²) in [7, 11) is 0. The van der Waals surface area contributed by atoms with Crippen molar-refractivity contribution in [3.63, 3.8) is 0 Å². The summed E-state index contributed by atoms with van der Waals surface area (Å²) in [5.41, 5.74) is 6.41. The Morgan fingerprint density at radius 1 is 1.17 bits per heavy atom. The number of piperazine rings is 1. The van der Waals surface area contributed by atoms with Crippen LogP contribution in [0.25, 0.3) is 0 Å². The molecule has 2 atom stereocenters. The fourth-order valence-electron chi connectivity index (χ4n) is 3.77. The second kappa shape index (κ2) is 6.89. The Labute approximate surface area is 143 Å². The van der Waals surface area contributed by atoms with Crippen molar-refractivity contribution in [2.24, 2.45) is 11.7 Å². The highest BCUT2D eigenvalue weighted by Gasteiger charge is 2.40. The van der Waals surface area contributed by atoms with Crippen molar-refractivity contribution < 1.29 is 9.59 Å². The zero-order chi connectivity index (χ0) is 17.2. The maximum Gasteiger partial charge on any atom is 0.272 e. The average molecular weight is 330 g/mol. The van der Waals surface area contributed by atoms with Gasteiger partial charge in [0.1, 0.15) is 5.69 Å². The Morgan fingerprint density at radius 2 is 1.88 bits per heavy atom. The first-order chi connectivity index (χ1) is 11.5. The molecule has 1 aromatic heterocycles. The fourth-order valence-corrected chi connectivity index (χ4v) is 3.77. The monoisotopic (exact) mass is 330 g/mol. The Bertz CT molecular complexity index is 594. The van der Waals surface area contributed by atoms with Gasteiger partial charge in [0.25, 0.3) is 5.91 Å². The lowest BCUT2D eigenvalue weighted by Crippen LogP contribution is -2.57. The predicted octanol–water partition coefficient (Wildman–Crippen LogP) is 1.27. The van der Waals surface area contributed by atoms with Crippen LogP contribution in [0.5, 0.6) is 0 Å². The van der Waals surface area contributed by atoms with Crippen LogP contribution >= 0.6 is 0 Å². The van der Waals surface area contributed by atoms with Crippen LogP contribution in [0.15, 0.2) is 24.4 Å². The number of rotatable bonds is 2. The molecule has 2 aliphatic rings. The van der Waals surface area contributed by atoms with Gasteiger partial charge in [0.15, 0.2) is 0 Å². The summed E-state index contributed by atoms with van der Waals surface area (Å²) in [6.07, 6.45) is 5.57. The lowest BCUT2D eigenvalue weighted by Gasteiger charge is -2.42. The molecule has 3 rings (SSSR count). The zero-order valence-corrected chi connectivity index (χ0v) is 14.3. The fraction of sp³-hybridized carbons (Fsp3) is 0.611. The van der Waals surface area contributed by atoms with Gasteiger partial charge >= 0.3 is 0 Å². The van der Waals surface area contributed by atoms with E-state index in [-0.39, 0.29) is 17.7 Å². The summed E-state index contributed by atoms with van der Waals surface area (Å²) >= 11 is 0. The Kier molecular flexibility index (Phi) is 4.85. The van der Waals surface area contributed by atoms with Crippen LogP contribution < -0.4 is 5.73 Å². The first kappa shape index (κ1) is 16.9. The number of pyridine rings is 1. The highest BCUT2D eigenvalue weighted by atomic mass is 16.2. The molecule has 2 amide bonds. The third-order valence-corrected chi connectivity index (χ3v) is 5.31. The highest BCUT2D eigenvalue weighted by Crippen LogP contribution is 2.33. The lowest BCUT2D eigenvalue weighted by atomic mass is 9.74. The SMILES string of the molecule is CC1(N)CCCCC1C(=O)N1CCN(C(=O)c2ccccn2)CC1. The molecule has 0 aromatic carbocycles. The molecule has 2 N–H and O–H groups in total. The summed E-state index contributed by atoms with van der Waals surface area (Å²) in [5, 5.41) is 0. The van der Waals surface area contributed by atoms with E-state index in [0.717, 1.165) is 25.7 Å². The second-order valence-corrected chi connectivity index (χ2v) is 7.14. The van der Waals surface area contributed by atoms with E-state index in [9.17, 15) is 9.59 Å². The zero-order valence-electron chi connectivity index (χ0n) is 14.3. The van der Waals surface area contributed by atoms with E-state index < -0.39 is 5.54 Å². The minimum Gasteiger partial charge on any atom is -0.339 e. The van der Waals surface area contributed by atoms with Crippen molar-refractivity contribution in [3.8, 4) is 0 Å². The maximum absolute atomic E-state index is 12.8. The molecule has 1 saturated carbocycles. The van der Waals surface area contributed by atoms with E-state index in [1.807, 2.05) is 17.9 Å². The summed E-state index contributed by atoms with van der Waals surface area (Å²) in [6, 6.07) is 5.33. The van der Waals surface area contributed by atoms with E-state index in [1.54, 1.807) is 23.2 Å². The normalized spacial score (nSPS) is 27.8. The third kappa shape index (κ3) is 3.43. The van der Waals surface area contributed by atoms with Crippen molar-refractivity contribution in [1.29, 1.82) is 0 Å². The first-order valence-corrected chi connectivity index (χ1v) is 8.77. The van der Waals surface area contributed by atoms with Gasteiger partial charge in [-0.05, 0) is 31.9 Å². The molecule has 2 fully saturated rings. The number of nitrogens with two attached hydrogens (primary N) is 1. The average Bonchev–Trinajstić information content (AvgIpc) is 2.61. The van der Waals surface area contributed by atoms with Crippen LogP contribution in [-0.2, 0) is 4.79 Å². The molecule has 1 aromatic rings. The smallest absolute Gasteiger partial charge is 0.272 e. The van der Waals surface area contributed by atoms with Gasteiger partial charge in [-0.15, -0.1) is 0 Å². The largest absolute Gasteiger partial charge is 0.339 e. The van der Waals surface area contributed by atoms with Crippen LogP contribution in [-0.4, -0.2) is 58.3 Å². The van der Waals surface area contributed by atoms with Gasteiger partial charge in [0, 0.05) is 37.9 Å². The van der Waals surface area contributed by atoms with Crippen LogP contribution in [0.1, 0.15) is 43.1 Å². The third-order valence-electron chi connectivity index (χ3n) is 5.31. The van der Waals surface area contributed by atoms with Crippen LogP contribution in [0.3, 0.4) is 0 Å². The van der Waals surface area contributed by atoms with E-state index in [0.29, 0.717) is 31.9 Å². The molecule has 0 radical (unpaired) electrons. The lowest BCUT2D eigenvalue weighted by molar-refractivity contribution is -0.140. The number of carbonyl (C=O) groups excluding carboxylic acids is 2. The molecule has 6 heteroatoms. The first-order valence-electron chi connectivity index (χ1n) is 8.77. The van der Waals surface area contributed by atoms with Gasteiger partial charge in [-0.1, -0.05) is 18.9 Å². The number of nitrogens with zero attached hydrogens (tertiary/aromatic N) is 3. The van der Waals surface area contributed by atoms with Gasteiger partial charge in [-0.3, -0.25) is 14.6 Å². The van der Waals surface area contributed by atoms with Crippen molar-refractivity contribution in [1.82, 2.24) is 14.8 Å². The Morgan fingerprint density at radius 3 is 2.50 bits per heavy atom. The van der Waals surface area contributed by atoms with Crippen LogP contribution in [0.2, 0.25) is 0 Å². The predicted molar refractivity (Wildman–Crippen MR) is 91.3 cm³/mol. The molecular weight excluding hydrogens is 304 g/mol. The number of hydrogen-bond donors (Lipinski definition) is 1. The quantitative estimate of drug-likeness (QED) is 0.886. The van der Waals surface area contributed by atoms with Crippen molar-refractivity contribution in [2.75, 3.05) is 26.2 Å². The molecule has 1 aliphatic heterocycles. The minimum absolute atomic E-state index is 0.0657. The van der Waals surface area contributed by atoms with Crippen molar-refractivity contribution >= 4 is 11.8 Å². The van der Waals surface area contributed by atoms with E-state index in [2.05, 4.69) is 4.98 Å². The molecule has 2 unspecified atom stereocenters. The molecule has 0 spiro atoms. The Balaban J connectivity index is 1.59. The van der Waals surface area contributed by atoms with E-state index >= 15 is 0 Å². The van der Waals surface area contributed by atoms with Gasteiger partial charge < -0.3 is 15.5 Å². The van der Waals surface area contributed by atoms with Crippen molar-refractivity contribution in [3.05, 3.63) is 30.1 Å². The molecule has 1 saturated heterocycles. The summed E-state index contributed by atoms with van der Waals surface area (Å²) in [5.74, 6) is -0.00189. The van der Waals surface area contributed by atoms with Gasteiger partial charge in [0.05, 0.1) is 5.92 Å². The summed E-state index contributed by atoms with van der Waals surface area (Å²) in [4.78, 5) is 33.0. The molecular formula is C18H26N4O2. The molecule has 130 valence electrons. The maximum atomic E-state index is 12.8. The standard InChI is InChI=1S/C18H26N4O2/c1-18(19)8-4-2-6-14(18)16(23)21-10-12-22(13-11-21)17(24)15-7-3-5-9-20-15/h3,5,7,9,14H,2,4,6,8,10-13,19H2,1H3. The highest BCUT2D eigenvalue weighted by molar-refractivity contribution is 5.92. The Hall–Kier alpha value is -1.95. The van der Waals surface area contributed by atoms with Gasteiger partial charge in [-0.25, -0.2) is 0 Å². The molecule has 1 aliphatic carbocycles. The molecule has 2 heterocycles. The van der Waals surface area contributed by atoms with E-state index in [4.69, 9.17) is 5.73 Å². The number of aromatic nitrogens is 1. The summed E-state index contributed by atoms with van der Waals surface area (Å²) < 4.78 is 0. The summed E-state index contributed by atoms with van der Waals surface area (Å²) in [6.45, 7) is 4.24. The van der Waals surface area contributed by atoms with Gasteiger partial charge in [0.2, 0.25) is 5.91 Å². The van der Waals surface area contributed by atoms with Crippen LogP contribution in [0.4, 0.5) is 0 Å². The molecule has 6 nitrogen and oxygen atoms in total. The van der Waals surface area contributed by atoms with Crippen LogP contribution in [0, 0.1) is 5.92 Å². The van der Waals surface area contributed by atoms with E-state index in [1.165, 1.54) is 0 Å².